The lowest BCUT2D eigenvalue weighted by Gasteiger charge is -2.05. The maximum atomic E-state index is 11.2. The second kappa shape index (κ2) is 6.96. The lowest BCUT2D eigenvalue weighted by atomic mass is 10.4. The fraction of sp³-hybridized carbons (Fsp3) is 0.375. The molecule has 0 saturated carbocycles. The Morgan fingerprint density at radius 2 is 1.83 bits per heavy atom. The summed E-state index contributed by atoms with van der Waals surface area (Å²) in [5, 5.41) is -0.0573. The van der Waals surface area contributed by atoms with E-state index in [1.165, 1.54) is 20.3 Å². The minimum absolute atomic E-state index is 0.0573. The molecule has 0 bridgehead atoms. The Kier molecular flexibility index (Phi) is 6.55. The van der Waals surface area contributed by atoms with Crippen molar-refractivity contribution in [3.63, 3.8) is 0 Å². The van der Waals surface area contributed by atoms with E-state index in [4.69, 9.17) is 8.85 Å². The largest absolute Gasteiger partial charge is 0.398 e. The topological polar surface area (TPSA) is 35.5 Å². The van der Waals surface area contributed by atoms with Gasteiger partial charge >= 0.3 is 9.28 Å². The second-order valence-corrected chi connectivity index (χ2v) is 4.27. The Morgan fingerprint density at radius 3 is 2.25 bits per heavy atom. The third-order valence-corrected chi connectivity index (χ3v) is 2.74. The van der Waals surface area contributed by atoms with Gasteiger partial charge in [0.25, 0.3) is 0 Å². The minimum Gasteiger partial charge on any atom is -0.395 e. The fourth-order valence-electron chi connectivity index (χ4n) is 0.669. The molecule has 12 heavy (non-hydrogen) atoms. The minimum atomic E-state index is -2.09. The first-order chi connectivity index (χ1) is 5.76. The molecular formula is C8H14O3Si. The zero-order valence-corrected chi connectivity index (χ0v) is 8.77. The Balaban J connectivity index is 4.00. The first kappa shape index (κ1) is 11.3. The van der Waals surface area contributed by atoms with Gasteiger partial charge in [0, 0.05) is 14.2 Å². The van der Waals surface area contributed by atoms with Gasteiger partial charge in [-0.1, -0.05) is 18.2 Å². The number of carbonyl (C=O) groups excluding carboxylic acids is 1. The van der Waals surface area contributed by atoms with Crippen LogP contribution in [0.25, 0.3) is 0 Å². The molecule has 0 N–H and O–H groups in total. The number of allylic oxidation sites excluding steroid dienone is 4. The van der Waals surface area contributed by atoms with Gasteiger partial charge in [0.2, 0.25) is 0 Å². The van der Waals surface area contributed by atoms with Gasteiger partial charge in [-0.3, -0.25) is 4.79 Å². The van der Waals surface area contributed by atoms with Crippen molar-refractivity contribution in [1.82, 2.24) is 0 Å². The third kappa shape index (κ3) is 4.22. The van der Waals surface area contributed by atoms with Gasteiger partial charge in [0.15, 0.2) is 5.41 Å². The maximum Gasteiger partial charge on any atom is 0.398 e. The molecule has 0 spiro atoms. The van der Waals surface area contributed by atoms with Gasteiger partial charge in [-0.2, -0.15) is 0 Å². The van der Waals surface area contributed by atoms with E-state index in [9.17, 15) is 4.79 Å². The number of hydrogen-bond acceptors (Lipinski definition) is 3. The smallest absolute Gasteiger partial charge is 0.395 e. The van der Waals surface area contributed by atoms with E-state index in [0.29, 0.717) is 0 Å². The highest BCUT2D eigenvalue weighted by Gasteiger charge is 2.17. The van der Waals surface area contributed by atoms with Gasteiger partial charge in [-0.25, -0.2) is 0 Å². The summed E-state index contributed by atoms with van der Waals surface area (Å²) in [6, 6.07) is 0. The molecule has 0 rings (SSSR count). The summed E-state index contributed by atoms with van der Waals surface area (Å²) < 4.78 is 9.77. The molecule has 0 aliphatic carbocycles. The van der Waals surface area contributed by atoms with Crippen molar-refractivity contribution in [2.75, 3.05) is 14.2 Å². The van der Waals surface area contributed by atoms with Crippen molar-refractivity contribution in [2.24, 2.45) is 0 Å². The molecule has 0 saturated heterocycles. The molecule has 0 unspecified atom stereocenters. The van der Waals surface area contributed by atoms with Crippen molar-refractivity contribution in [1.29, 1.82) is 0 Å². The standard InChI is InChI=1S/C8H14O3Si/c1-4-5-6-7-8(9)12(10-2)11-3/h4-7,12H,1-3H3. The lowest BCUT2D eigenvalue weighted by Crippen LogP contribution is -2.29. The second-order valence-electron chi connectivity index (χ2n) is 2.09. The van der Waals surface area contributed by atoms with E-state index in [1.807, 2.05) is 13.0 Å². The number of carbonyl (C=O) groups is 1. The maximum absolute atomic E-state index is 11.2. The molecule has 0 aliphatic heterocycles. The quantitative estimate of drug-likeness (QED) is 0.361. The highest BCUT2D eigenvalue weighted by Crippen LogP contribution is 1.89. The van der Waals surface area contributed by atoms with E-state index in [2.05, 4.69) is 0 Å². The van der Waals surface area contributed by atoms with Crippen LogP contribution in [0, 0.1) is 0 Å². The summed E-state index contributed by atoms with van der Waals surface area (Å²) in [4.78, 5) is 11.2. The third-order valence-electron chi connectivity index (χ3n) is 1.22. The molecule has 0 fully saturated rings. The van der Waals surface area contributed by atoms with Crippen LogP contribution in [0.4, 0.5) is 0 Å². The normalized spacial score (nSPS) is 12.0. The van der Waals surface area contributed by atoms with E-state index < -0.39 is 9.28 Å². The van der Waals surface area contributed by atoms with Crippen molar-refractivity contribution in [3.05, 3.63) is 24.3 Å². The highest BCUT2D eigenvalue weighted by molar-refractivity contribution is 6.82. The first-order valence-electron chi connectivity index (χ1n) is 3.65. The van der Waals surface area contributed by atoms with E-state index in [0.717, 1.165) is 0 Å². The van der Waals surface area contributed by atoms with Gasteiger partial charge in [0.05, 0.1) is 0 Å². The van der Waals surface area contributed by atoms with Crippen LogP contribution in [0.5, 0.6) is 0 Å². The zero-order chi connectivity index (χ0) is 9.40. The molecule has 0 aliphatic rings. The van der Waals surface area contributed by atoms with Crippen LogP contribution >= 0.6 is 0 Å². The first-order valence-corrected chi connectivity index (χ1v) is 5.17. The molecule has 0 aromatic carbocycles. The molecule has 0 aromatic rings. The van der Waals surface area contributed by atoms with E-state index in [1.54, 1.807) is 12.2 Å². The van der Waals surface area contributed by atoms with Crippen LogP contribution in [0.2, 0.25) is 0 Å². The Morgan fingerprint density at radius 1 is 1.25 bits per heavy atom. The van der Waals surface area contributed by atoms with Gasteiger partial charge < -0.3 is 8.85 Å². The Hall–Kier alpha value is -0.713. The Bertz CT molecular complexity index is 183. The lowest BCUT2D eigenvalue weighted by molar-refractivity contribution is -0.110. The average molecular weight is 186 g/mol. The molecular weight excluding hydrogens is 172 g/mol. The van der Waals surface area contributed by atoms with E-state index >= 15 is 0 Å². The summed E-state index contributed by atoms with van der Waals surface area (Å²) in [5.74, 6) is 0. The van der Waals surface area contributed by atoms with Crippen LogP contribution in [0.15, 0.2) is 24.3 Å². The fourth-order valence-corrected chi connectivity index (χ4v) is 1.59. The summed E-state index contributed by atoms with van der Waals surface area (Å²) in [5.41, 5.74) is 0. The highest BCUT2D eigenvalue weighted by atomic mass is 28.3. The summed E-state index contributed by atoms with van der Waals surface area (Å²) in [6.07, 6.45) is 6.79. The molecule has 68 valence electrons. The van der Waals surface area contributed by atoms with Gasteiger partial charge in [-0.15, -0.1) is 0 Å². The molecule has 0 aromatic heterocycles. The predicted octanol–water partition coefficient (Wildman–Crippen LogP) is 0.740. The van der Waals surface area contributed by atoms with Crippen molar-refractivity contribution < 1.29 is 13.6 Å². The van der Waals surface area contributed by atoms with Gasteiger partial charge in [-0.05, 0) is 13.0 Å². The molecule has 0 radical (unpaired) electrons. The molecule has 4 heteroatoms. The monoisotopic (exact) mass is 186 g/mol. The summed E-state index contributed by atoms with van der Waals surface area (Å²) >= 11 is 0. The summed E-state index contributed by atoms with van der Waals surface area (Å²) in [6.45, 7) is 1.89. The van der Waals surface area contributed by atoms with E-state index in [-0.39, 0.29) is 5.41 Å². The van der Waals surface area contributed by atoms with Crippen LogP contribution in [-0.4, -0.2) is 28.9 Å². The number of rotatable bonds is 5. The molecule has 0 heterocycles. The van der Waals surface area contributed by atoms with Crippen LogP contribution in [0.1, 0.15) is 6.92 Å². The molecule has 0 amide bonds. The predicted molar refractivity (Wildman–Crippen MR) is 50.1 cm³/mol. The molecule has 3 nitrogen and oxygen atoms in total. The average Bonchev–Trinajstić information content (AvgIpc) is 2.07. The Labute approximate surface area is 74.5 Å². The van der Waals surface area contributed by atoms with Crippen molar-refractivity contribution in [3.8, 4) is 0 Å². The summed E-state index contributed by atoms with van der Waals surface area (Å²) in [7, 11) is 0.887. The molecule has 0 atom stereocenters. The van der Waals surface area contributed by atoms with Crippen LogP contribution < -0.4 is 0 Å². The SMILES string of the molecule is CC=CC=CC(=O)[SiH](OC)OC. The van der Waals surface area contributed by atoms with Crippen LogP contribution in [0.3, 0.4) is 0 Å². The van der Waals surface area contributed by atoms with Crippen LogP contribution in [-0.2, 0) is 13.6 Å². The van der Waals surface area contributed by atoms with Gasteiger partial charge in [0.1, 0.15) is 0 Å². The number of hydrogen-bond donors (Lipinski definition) is 0. The zero-order valence-electron chi connectivity index (χ0n) is 7.61. The van der Waals surface area contributed by atoms with Crippen molar-refractivity contribution >= 4 is 14.7 Å². The van der Waals surface area contributed by atoms with Crippen molar-refractivity contribution in [2.45, 2.75) is 6.92 Å².